The van der Waals surface area contributed by atoms with Crippen LogP contribution in [0.2, 0.25) is 0 Å². The Balaban J connectivity index is 1.63. The minimum Gasteiger partial charge on any atom is -0.450 e. The summed E-state index contributed by atoms with van der Waals surface area (Å²) >= 11 is 0. The Morgan fingerprint density at radius 1 is 1.15 bits per heavy atom. The Morgan fingerprint density at radius 3 is 2.44 bits per heavy atom. The number of ether oxygens (including phenoxy) is 1. The van der Waals surface area contributed by atoms with E-state index < -0.39 is 10.0 Å². The number of rotatable bonds is 6. The molecule has 148 valence electrons. The van der Waals surface area contributed by atoms with Crippen LogP contribution in [0.25, 0.3) is 0 Å². The van der Waals surface area contributed by atoms with Crippen LogP contribution in [0.4, 0.5) is 4.79 Å². The fourth-order valence-corrected chi connectivity index (χ4v) is 4.08. The molecule has 1 aromatic carbocycles. The molecule has 0 spiro atoms. The van der Waals surface area contributed by atoms with Crippen molar-refractivity contribution in [3.05, 3.63) is 29.8 Å². The van der Waals surface area contributed by atoms with Crippen molar-refractivity contribution >= 4 is 22.0 Å². The molecule has 0 bridgehead atoms. The third kappa shape index (κ3) is 4.98. The highest BCUT2D eigenvalue weighted by atomic mass is 32.2. The number of hydrogen-bond acceptors (Lipinski definition) is 5. The highest BCUT2D eigenvalue weighted by Gasteiger charge is 2.27. The molecule has 1 saturated heterocycles. The van der Waals surface area contributed by atoms with Crippen molar-refractivity contribution in [1.82, 2.24) is 14.5 Å². The Labute approximate surface area is 159 Å². The smallest absolute Gasteiger partial charge is 0.409 e. The number of piperazine rings is 1. The summed E-state index contributed by atoms with van der Waals surface area (Å²) in [5, 5.41) is 0. The first-order valence-corrected chi connectivity index (χ1v) is 10.7. The number of nitrogens with zero attached hydrogens (tertiary/aromatic N) is 2. The Hall–Kier alpha value is -2.13. The van der Waals surface area contributed by atoms with E-state index in [0.29, 0.717) is 50.8 Å². The molecule has 0 atom stereocenters. The van der Waals surface area contributed by atoms with E-state index in [4.69, 9.17) is 4.74 Å². The molecule has 0 aromatic heterocycles. The zero-order valence-corrected chi connectivity index (χ0v) is 16.2. The quantitative estimate of drug-likeness (QED) is 0.783. The molecule has 1 saturated carbocycles. The number of sulfonamides is 1. The Morgan fingerprint density at radius 2 is 1.81 bits per heavy atom. The number of carbonyl (C=O) groups is 2. The van der Waals surface area contributed by atoms with Gasteiger partial charge in [0.05, 0.1) is 11.5 Å². The maximum Gasteiger partial charge on any atom is 0.409 e. The van der Waals surface area contributed by atoms with Crippen molar-refractivity contribution in [1.29, 1.82) is 0 Å². The minimum atomic E-state index is -3.62. The standard InChI is InChI=1S/C18H25N3O5S/c1-2-26-18(23)21-10-8-20(9-11-21)17(22)15-4-3-5-16(12-15)27(24,25)19-13-14-6-7-14/h3-5,12,14,19H,2,6-11,13H2,1H3. The van der Waals surface area contributed by atoms with E-state index in [0.717, 1.165) is 12.8 Å². The lowest BCUT2D eigenvalue weighted by Crippen LogP contribution is -2.50. The minimum absolute atomic E-state index is 0.0964. The van der Waals surface area contributed by atoms with Gasteiger partial charge in [-0.25, -0.2) is 17.9 Å². The lowest BCUT2D eigenvalue weighted by molar-refractivity contribution is 0.0570. The van der Waals surface area contributed by atoms with Crippen LogP contribution in [0.1, 0.15) is 30.1 Å². The van der Waals surface area contributed by atoms with E-state index in [2.05, 4.69) is 4.72 Å². The number of amides is 2. The van der Waals surface area contributed by atoms with Crippen LogP contribution in [0.5, 0.6) is 0 Å². The van der Waals surface area contributed by atoms with Gasteiger partial charge in [0.2, 0.25) is 10.0 Å². The molecule has 1 aliphatic carbocycles. The lowest BCUT2D eigenvalue weighted by Gasteiger charge is -2.34. The van der Waals surface area contributed by atoms with E-state index in [1.54, 1.807) is 28.9 Å². The van der Waals surface area contributed by atoms with E-state index in [-0.39, 0.29) is 16.9 Å². The number of nitrogens with one attached hydrogen (secondary N) is 1. The molecule has 0 unspecified atom stereocenters. The first kappa shape index (κ1) is 19.6. The van der Waals surface area contributed by atoms with Crippen LogP contribution in [-0.4, -0.2) is 69.5 Å². The van der Waals surface area contributed by atoms with E-state index in [1.165, 1.54) is 12.1 Å². The van der Waals surface area contributed by atoms with Crippen LogP contribution in [0.15, 0.2) is 29.2 Å². The zero-order chi connectivity index (χ0) is 19.4. The van der Waals surface area contributed by atoms with Crippen molar-refractivity contribution in [2.45, 2.75) is 24.7 Å². The second-order valence-corrected chi connectivity index (χ2v) is 8.57. The van der Waals surface area contributed by atoms with Crippen LogP contribution in [0.3, 0.4) is 0 Å². The van der Waals surface area contributed by atoms with Crippen molar-refractivity contribution in [3.63, 3.8) is 0 Å². The summed E-state index contributed by atoms with van der Waals surface area (Å²) in [4.78, 5) is 27.8. The summed E-state index contributed by atoms with van der Waals surface area (Å²) < 4.78 is 32.4. The third-order valence-corrected chi connectivity index (χ3v) is 6.16. The fraction of sp³-hybridized carbons (Fsp3) is 0.556. The molecule has 1 heterocycles. The van der Waals surface area contributed by atoms with Gasteiger partial charge in [-0.1, -0.05) is 6.07 Å². The van der Waals surface area contributed by atoms with Crippen LogP contribution in [0, 0.1) is 5.92 Å². The molecule has 1 aliphatic heterocycles. The Bertz CT molecular complexity index is 799. The fourth-order valence-electron chi connectivity index (χ4n) is 2.92. The van der Waals surface area contributed by atoms with Crippen LogP contribution in [-0.2, 0) is 14.8 Å². The maximum atomic E-state index is 12.7. The summed E-state index contributed by atoms with van der Waals surface area (Å²) in [5.41, 5.74) is 0.328. The third-order valence-electron chi connectivity index (χ3n) is 4.74. The van der Waals surface area contributed by atoms with Gasteiger partial charge < -0.3 is 14.5 Å². The largest absolute Gasteiger partial charge is 0.450 e. The van der Waals surface area contributed by atoms with Gasteiger partial charge in [-0.05, 0) is 43.9 Å². The van der Waals surface area contributed by atoms with Gasteiger partial charge in [-0.15, -0.1) is 0 Å². The molecule has 1 aromatic rings. The van der Waals surface area contributed by atoms with Gasteiger partial charge in [-0.3, -0.25) is 4.79 Å². The summed E-state index contributed by atoms with van der Waals surface area (Å²) in [6.45, 7) is 4.06. The molecule has 2 aliphatic rings. The van der Waals surface area contributed by atoms with Crippen molar-refractivity contribution in [2.75, 3.05) is 39.3 Å². The van der Waals surface area contributed by atoms with Crippen molar-refractivity contribution < 1.29 is 22.7 Å². The predicted octanol–water partition coefficient (Wildman–Crippen LogP) is 1.29. The molecular weight excluding hydrogens is 370 g/mol. The molecular formula is C18H25N3O5S. The summed E-state index contributed by atoms with van der Waals surface area (Å²) in [6, 6.07) is 6.09. The normalized spacial score (nSPS) is 17.7. The monoisotopic (exact) mass is 395 g/mol. The highest BCUT2D eigenvalue weighted by Crippen LogP contribution is 2.28. The first-order chi connectivity index (χ1) is 12.9. The molecule has 3 rings (SSSR count). The topological polar surface area (TPSA) is 96.0 Å². The maximum absolute atomic E-state index is 12.7. The van der Waals surface area contributed by atoms with Gasteiger partial charge in [0.1, 0.15) is 0 Å². The number of benzene rings is 1. The van der Waals surface area contributed by atoms with Gasteiger partial charge in [0, 0.05) is 38.3 Å². The number of hydrogen-bond donors (Lipinski definition) is 1. The molecule has 1 N–H and O–H groups in total. The van der Waals surface area contributed by atoms with Gasteiger partial charge >= 0.3 is 6.09 Å². The zero-order valence-electron chi connectivity index (χ0n) is 15.4. The molecule has 27 heavy (non-hydrogen) atoms. The molecule has 9 heteroatoms. The van der Waals surface area contributed by atoms with Crippen molar-refractivity contribution in [3.8, 4) is 0 Å². The predicted molar refractivity (Wildman–Crippen MR) is 98.9 cm³/mol. The summed E-state index contributed by atoms with van der Waals surface area (Å²) in [6.07, 6.45) is 1.73. The molecule has 2 amide bonds. The molecule has 8 nitrogen and oxygen atoms in total. The summed E-state index contributed by atoms with van der Waals surface area (Å²) in [7, 11) is -3.62. The molecule has 0 radical (unpaired) electrons. The van der Waals surface area contributed by atoms with Crippen LogP contribution < -0.4 is 4.72 Å². The van der Waals surface area contributed by atoms with Crippen molar-refractivity contribution in [2.24, 2.45) is 5.92 Å². The SMILES string of the molecule is CCOC(=O)N1CCN(C(=O)c2cccc(S(=O)(=O)NCC3CC3)c2)CC1. The second kappa shape index (κ2) is 8.26. The summed E-state index contributed by atoms with van der Waals surface area (Å²) in [5.74, 6) is 0.193. The van der Waals surface area contributed by atoms with E-state index in [1.807, 2.05) is 0 Å². The van der Waals surface area contributed by atoms with Crippen LogP contribution >= 0.6 is 0 Å². The first-order valence-electron chi connectivity index (χ1n) is 9.21. The average molecular weight is 395 g/mol. The van der Waals surface area contributed by atoms with E-state index in [9.17, 15) is 18.0 Å². The van der Waals surface area contributed by atoms with E-state index >= 15 is 0 Å². The second-order valence-electron chi connectivity index (χ2n) is 6.80. The highest BCUT2D eigenvalue weighted by molar-refractivity contribution is 7.89. The Kier molecular flexibility index (Phi) is 6.01. The van der Waals surface area contributed by atoms with Gasteiger partial charge in [0.15, 0.2) is 0 Å². The van der Waals surface area contributed by atoms with Gasteiger partial charge in [0.25, 0.3) is 5.91 Å². The molecule has 2 fully saturated rings. The number of carbonyl (C=O) groups excluding carboxylic acids is 2. The lowest BCUT2D eigenvalue weighted by atomic mass is 10.2. The average Bonchev–Trinajstić information content (AvgIpc) is 3.51. The van der Waals surface area contributed by atoms with Gasteiger partial charge in [-0.2, -0.15) is 0 Å².